The van der Waals surface area contributed by atoms with Crippen LogP contribution >= 0.6 is 0 Å². The largest absolute Gasteiger partial charge is 0.546 e. The number of rotatable bonds is 6. The highest BCUT2D eigenvalue weighted by Gasteiger charge is 2.10. The highest BCUT2D eigenvalue weighted by molar-refractivity contribution is 6.05. The first kappa shape index (κ1) is 16.4. The van der Waals surface area contributed by atoms with E-state index in [1.54, 1.807) is 18.2 Å². The molecule has 6 nitrogen and oxygen atoms in total. The van der Waals surface area contributed by atoms with E-state index in [4.69, 9.17) is 9.47 Å². The number of carboxylic acid groups (broad SMARTS) is 1. The minimum absolute atomic E-state index is 0.305. The van der Waals surface area contributed by atoms with Gasteiger partial charge in [0, 0.05) is 5.56 Å². The standard InChI is InChI=1S/C17H17NO5/c1-11-3-8-15(22-2)14(9-11)18-17(21)12-4-6-13(7-5-12)23-10-16(19)20/h3-9H,10H2,1-2H3,(H,18,21)(H,19,20)/p-1. The van der Waals surface area contributed by atoms with Crippen molar-refractivity contribution in [1.82, 2.24) is 0 Å². The molecular weight excluding hydrogens is 298 g/mol. The lowest BCUT2D eigenvalue weighted by Gasteiger charge is -2.11. The Kier molecular flexibility index (Phi) is 5.19. The third-order valence-electron chi connectivity index (χ3n) is 3.08. The zero-order valence-corrected chi connectivity index (χ0v) is 12.8. The summed E-state index contributed by atoms with van der Waals surface area (Å²) in [6.07, 6.45) is 0. The van der Waals surface area contributed by atoms with Crippen molar-refractivity contribution >= 4 is 17.6 Å². The maximum absolute atomic E-state index is 12.3. The van der Waals surface area contributed by atoms with E-state index in [1.165, 1.54) is 19.2 Å². The highest BCUT2D eigenvalue weighted by atomic mass is 16.5. The van der Waals surface area contributed by atoms with Crippen molar-refractivity contribution in [3.63, 3.8) is 0 Å². The van der Waals surface area contributed by atoms with Crippen molar-refractivity contribution in [3.05, 3.63) is 53.6 Å². The average Bonchev–Trinajstić information content (AvgIpc) is 2.53. The van der Waals surface area contributed by atoms with Crippen LogP contribution in [0.1, 0.15) is 15.9 Å². The number of anilines is 1. The number of carbonyl (C=O) groups is 2. The quantitative estimate of drug-likeness (QED) is 0.870. The minimum Gasteiger partial charge on any atom is -0.546 e. The van der Waals surface area contributed by atoms with Gasteiger partial charge in [-0.25, -0.2) is 0 Å². The molecule has 0 fully saturated rings. The number of benzene rings is 2. The second-order valence-corrected chi connectivity index (χ2v) is 4.84. The first-order valence-corrected chi connectivity index (χ1v) is 6.88. The number of nitrogens with one attached hydrogen (secondary N) is 1. The Labute approximate surface area is 133 Å². The Morgan fingerprint density at radius 1 is 1.13 bits per heavy atom. The number of aryl methyl sites for hydroxylation is 1. The van der Waals surface area contributed by atoms with Crippen LogP contribution in [-0.4, -0.2) is 25.6 Å². The number of aliphatic carboxylic acids is 1. The van der Waals surface area contributed by atoms with Crippen LogP contribution in [0.15, 0.2) is 42.5 Å². The lowest BCUT2D eigenvalue weighted by molar-refractivity contribution is -0.307. The number of carboxylic acids is 1. The number of ether oxygens (including phenoxy) is 2. The van der Waals surface area contributed by atoms with E-state index in [9.17, 15) is 14.7 Å². The fourth-order valence-corrected chi connectivity index (χ4v) is 1.96. The van der Waals surface area contributed by atoms with E-state index in [-0.39, 0.29) is 5.91 Å². The number of carbonyl (C=O) groups excluding carboxylic acids is 2. The van der Waals surface area contributed by atoms with Gasteiger partial charge < -0.3 is 24.7 Å². The van der Waals surface area contributed by atoms with Crippen molar-refractivity contribution in [3.8, 4) is 11.5 Å². The van der Waals surface area contributed by atoms with Crippen LogP contribution in [0.3, 0.4) is 0 Å². The zero-order chi connectivity index (χ0) is 16.8. The third kappa shape index (κ3) is 4.47. The molecule has 23 heavy (non-hydrogen) atoms. The summed E-state index contributed by atoms with van der Waals surface area (Å²) in [6.45, 7) is 1.38. The predicted molar refractivity (Wildman–Crippen MR) is 82.6 cm³/mol. The van der Waals surface area contributed by atoms with E-state index in [0.29, 0.717) is 22.7 Å². The van der Waals surface area contributed by atoms with Gasteiger partial charge in [-0.1, -0.05) is 6.07 Å². The predicted octanol–water partition coefficient (Wildman–Crippen LogP) is 1.38. The van der Waals surface area contributed by atoms with E-state index in [1.807, 2.05) is 19.1 Å². The molecule has 0 radical (unpaired) electrons. The van der Waals surface area contributed by atoms with Crippen LogP contribution in [0.25, 0.3) is 0 Å². The second-order valence-electron chi connectivity index (χ2n) is 4.84. The molecule has 0 aliphatic carbocycles. The molecule has 0 saturated heterocycles. The first-order chi connectivity index (χ1) is 11.0. The molecule has 0 bridgehead atoms. The monoisotopic (exact) mass is 314 g/mol. The maximum atomic E-state index is 12.3. The molecular formula is C17H16NO5-. The summed E-state index contributed by atoms with van der Waals surface area (Å²) in [5, 5.41) is 13.1. The summed E-state index contributed by atoms with van der Waals surface area (Å²) in [5.41, 5.74) is 1.98. The SMILES string of the molecule is COc1ccc(C)cc1NC(=O)c1ccc(OCC(=O)[O-])cc1. The number of methoxy groups -OCH3 is 1. The Morgan fingerprint density at radius 2 is 1.83 bits per heavy atom. The van der Waals surface area contributed by atoms with E-state index in [2.05, 4.69) is 5.32 Å². The highest BCUT2D eigenvalue weighted by Crippen LogP contribution is 2.26. The van der Waals surface area contributed by atoms with Gasteiger partial charge in [0.1, 0.15) is 18.1 Å². The molecule has 0 saturated carbocycles. The summed E-state index contributed by atoms with van der Waals surface area (Å²) < 4.78 is 10.2. The zero-order valence-electron chi connectivity index (χ0n) is 12.8. The average molecular weight is 314 g/mol. The molecule has 2 rings (SSSR count). The Balaban J connectivity index is 2.09. The topological polar surface area (TPSA) is 87.7 Å². The maximum Gasteiger partial charge on any atom is 0.255 e. The van der Waals surface area contributed by atoms with E-state index in [0.717, 1.165) is 5.56 Å². The summed E-state index contributed by atoms with van der Waals surface area (Å²) in [7, 11) is 1.53. The van der Waals surface area contributed by atoms with Gasteiger partial charge in [0.15, 0.2) is 0 Å². The van der Waals surface area contributed by atoms with Gasteiger partial charge in [-0.05, 0) is 48.9 Å². The fraction of sp³-hybridized carbons (Fsp3) is 0.176. The molecule has 2 aromatic carbocycles. The Bertz CT molecular complexity index is 709. The molecule has 0 aliphatic heterocycles. The van der Waals surface area contributed by atoms with Crippen LogP contribution in [0, 0.1) is 6.92 Å². The van der Waals surface area contributed by atoms with Gasteiger partial charge in [-0.2, -0.15) is 0 Å². The van der Waals surface area contributed by atoms with Gasteiger partial charge in [-0.15, -0.1) is 0 Å². The van der Waals surface area contributed by atoms with Crippen LogP contribution in [0.5, 0.6) is 11.5 Å². The van der Waals surface area contributed by atoms with Crippen molar-refractivity contribution in [2.75, 3.05) is 19.0 Å². The van der Waals surface area contributed by atoms with E-state index >= 15 is 0 Å². The van der Waals surface area contributed by atoms with Gasteiger partial charge in [0.25, 0.3) is 5.91 Å². The molecule has 0 aliphatic rings. The van der Waals surface area contributed by atoms with Crippen LogP contribution in [0.2, 0.25) is 0 Å². The molecule has 120 valence electrons. The molecule has 2 aromatic rings. The fourth-order valence-electron chi connectivity index (χ4n) is 1.96. The van der Waals surface area contributed by atoms with E-state index < -0.39 is 12.6 Å². The minimum atomic E-state index is -1.31. The van der Waals surface area contributed by atoms with Gasteiger partial charge in [-0.3, -0.25) is 4.79 Å². The molecule has 0 aromatic heterocycles. The normalized spacial score (nSPS) is 10.0. The summed E-state index contributed by atoms with van der Waals surface area (Å²) in [6, 6.07) is 11.6. The van der Waals surface area contributed by atoms with Gasteiger partial charge in [0.05, 0.1) is 18.8 Å². The number of hydrogen-bond acceptors (Lipinski definition) is 5. The van der Waals surface area contributed by atoms with Crippen molar-refractivity contribution in [2.45, 2.75) is 6.92 Å². The lowest BCUT2D eigenvalue weighted by atomic mass is 10.1. The van der Waals surface area contributed by atoms with Gasteiger partial charge >= 0.3 is 0 Å². The molecule has 1 N–H and O–H groups in total. The molecule has 0 heterocycles. The Hall–Kier alpha value is -3.02. The van der Waals surface area contributed by atoms with Crippen LogP contribution in [-0.2, 0) is 4.79 Å². The first-order valence-electron chi connectivity index (χ1n) is 6.88. The lowest BCUT2D eigenvalue weighted by Crippen LogP contribution is -2.28. The molecule has 6 heteroatoms. The molecule has 0 spiro atoms. The summed E-state index contributed by atoms with van der Waals surface area (Å²) in [5.74, 6) is -0.699. The van der Waals surface area contributed by atoms with Crippen molar-refractivity contribution < 1.29 is 24.2 Å². The van der Waals surface area contributed by atoms with Crippen LogP contribution in [0.4, 0.5) is 5.69 Å². The van der Waals surface area contributed by atoms with Crippen molar-refractivity contribution in [1.29, 1.82) is 0 Å². The molecule has 0 atom stereocenters. The Morgan fingerprint density at radius 3 is 2.43 bits per heavy atom. The van der Waals surface area contributed by atoms with Crippen LogP contribution < -0.4 is 19.9 Å². The smallest absolute Gasteiger partial charge is 0.255 e. The summed E-state index contributed by atoms with van der Waals surface area (Å²) >= 11 is 0. The van der Waals surface area contributed by atoms with Gasteiger partial charge in [0.2, 0.25) is 0 Å². The number of hydrogen-bond donors (Lipinski definition) is 1. The molecule has 1 amide bonds. The molecule has 0 unspecified atom stereocenters. The second kappa shape index (κ2) is 7.31. The third-order valence-corrected chi connectivity index (χ3v) is 3.08. The number of amides is 1. The van der Waals surface area contributed by atoms with Crippen molar-refractivity contribution in [2.24, 2.45) is 0 Å². The summed E-state index contributed by atoms with van der Waals surface area (Å²) in [4.78, 5) is 22.6.